The number of methoxy groups -OCH3 is 3. The van der Waals surface area contributed by atoms with Crippen LogP contribution in [-0.4, -0.2) is 58.3 Å². The van der Waals surface area contributed by atoms with Crippen LogP contribution in [0.15, 0.2) is 12.1 Å². The van der Waals surface area contributed by atoms with Crippen molar-refractivity contribution in [3.8, 4) is 17.2 Å². The van der Waals surface area contributed by atoms with Gasteiger partial charge in [0.05, 0.1) is 26.9 Å². The maximum Gasteiger partial charge on any atom is 0.255 e. The second-order valence-corrected chi connectivity index (χ2v) is 4.69. The zero-order valence-corrected chi connectivity index (χ0v) is 14.1. The molecule has 0 aliphatic carbocycles. The molecule has 0 aliphatic rings. The molecule has 1 N–H and O–H groups in total. The molecule has 1 aromatic rings. The van der Waals surface area contributed by atoms with Gasteiger partial charge in [0.2, 0.25) is 0 Å². The van der Waals surface area contributed by atoms with Crippen LogP contribution < -0.4 is 19.5 Å². The molecule has 0 heterocycles. The number of likely N-dealkylation sites (N-methyl/N-ethyl adjacent to an activating group) is 1. The molecule has 6 nitrogen and oxygen atoms in total. The number of rotatable bonds is 9. The van der Waals surface area contributed by atoms with Crippen molar-refractivity contribution in [1.82, 2.24) is 10.2 Å². The van der Waals surface area contributed by atoms with E-state index in [1.807, 2.05) is 0 Å². The molecule has 0 atom stereocenters. The van der Waals surface area contributed by atoms with E-state index in [0.29, 0.717) is 29.4 Å². The molecule has 1 amide bonds. The molecule has 0 spiro atoms. The van der Waals surface area contributed by atoms with E-state index in [0.717, 1.165) is 19.6 Å². The van der Waals surface area contributed by atoms with Gasteiger partial charge in [0.1, 0.15) is 5.75 Å². The zero-order chi connectivity index (χ0) is 16.5. The maximum absolute atomic E-state index is 12.4. The first-order chi connectivity index (χ1) is 10.6. The van der Waals surface area contributed by atoms with Gasteiger partial charge in [-0.25, -0.2) is 0 Å². The molecule has 0 radical (unpaired) electrons. The second-order valence-electron chi connectivity index (χ2n) is 4.69. The van der Waals surface area contributed by atoms with Gasteiger partial charge in [0.15, 0.2) is 11.5 Å². The van der Waals surface area contributed by atoms with E-state index in [9.17, 15) is 4.79 Å². The molecule has 0 aliphatic heterocycles. The number of nitrogens with zero attached hydrogens (tertiary/aromatic N) is 1. The van der Waals surface area contributed by atoms with Gasteiger partial charge in [-0.3, -0.25) is 4.79 Å². The average Bonchev–Trinajstić information content (AvgIpc) is 2.57. The van der Waals surface area contributed by atoms with Crippen molar-refractivity contribution in [3.63, 3.8) is 0 Å². The largest absolute Gasteiger partial charge is 0.497 e. The van der Waals surface area contributed by atoms with Gasteiger partial charge in [-0.2, -0.15) is 0 Å². The molecule has 6 heteroatoms. The second kappa shape index (κ2) is 9.15. The van der Waals surface area contributed by atoms with Crippen LogP contribution in [0.1, 0.15) is 24.2 Å². The monoisotopic (exact) mass is 310 g/mol. The number of hydrogen-bond donors (Lipinski definition) is 1. The fraction of sp³-hybridized carbons (Fsp3) is 0.562. The van der Waals surface area contributed by atoms with Crippen LogP contribution in [0.3, 0.4) is 0 Å². The van der Waals surface area contributed by atoms with Gasteiger partial charge in [-0.15, -0.1) is 0 Å². The lowest BCUT2D eigenvalue weighted by atomic mass is 10.1. The third-order valence-corrected chi connectivity index (χ3v) is 3.54. The third-order valence-electron chi connectivity index (χ3n) is 3.54. The fourth-order valence-corrected chi connectivity index (χ4v) is 2.19. The topological polar surface area (TPSA) is 60.0 Å². The van der Waals surface area contributed by atoms with E-state index in [1.54, 1.807) is 19.2 Å². The van der Waals surface area contributed by atoms with Crippen molar-refractivity contribution in [2.45, 2.75) is 13.8 Å². The van der Waals surface area contributed by atoms with Gasteiger partial charge in [0.25, 0.3) is 5.91 Å². The molecule has 0 saturated heterocycles. The van der Waals surface area contributed by atoms with Crippen LogP contribution in [0.25, 0.3) is 0 Å². The number of hydrogen-bond acceptors (Lipinski definition) is 5. The molecule has 22 heavy (non-hydrogen) atoms. The highest BCUT2D eigenvalue weighted by Crippen LogP contribution is 2.35. The van der Waals surface area contributed by atoms with Gasteiger partial charge in [0, 0.05) is 19.2 Å². The molecule has 0 aromatic heterocycles. The number of nitrogens with one attached hydrogen (secondary N) is 1. The maximum atomic E-state index is 12.4. The first kappa shape index (κ1) is 18.1. The standard InChI is InChI=1S/C16H26N2O4/c1-6-18(7-2)9-8-17-16(19)13-10-12(20-3)11-14(21-4)15(13)22-5/h10-11H,6-9H2,1-5H3,(H,17,19). The summed E-state index contributed by atoms with van der Waals surface area (Å²) in [4.78, 5) is 14.6. The normalized spacial score (nSPS) is 10.5. The molecule has 0 unspecified atom stereocenters. The zero-order valence-electron chi connectivity index (χ0n) is 14.1. The smallest absolute Gasteiger partial charge is 0.255 e. The Hall–Kier alpha value is -1.95. The van der Waals surface area contributed by atoms with Crippen LogP contribution >= 0.6 is 0 Å². The highest BCUT2D eigenvalue weighted by atomic mass is 16.5. The molecule has 1 rings (SSSR count). The molecular weight excluding hydrogens is 284 g/mol. The Morgan fingerprint density at radius 3 is 2.27 bits per heavy atom. The predicted octanol–water partition coefficient (Wildman–Crippen LogP) is 1.78. The molecule has 124 valence electrons. The number of amides is 1. The summed E-state index contributed by atoms with van der Waals surface area (Å²) >= 11 is 0. The summed E-state index contributed by atoms with van der Waals surface area (Å²) in [7, 11) is 4.58. The summed E-state index contributed by atoms with van der Waals surface area (Å²) in [5.74, 6) is 1.21. The predicted molar refractivity (Wildman–Crippen MR) is 86.2 cm³/mol. The van der Waals surface area contributed by atoms with E-state index in [2.05, 4.69) is 24.1 Å². The van der Waals surface area contributed by atoms with Crippen LogP contribution in [0.2, 0.25) is 0 Å². The van der Waals surface area contributed by atoms with Crippen LogP contribution in [0.5, 0.6) is 17.2 Å². The van der Waals surface area contributed by atoms with Crippen molar-refractivity contribution in [2.24, 2.45) is 0 Å². The van der Waals surface area contributed by atoms with Crippen molar-refractivity contribution in [3.05, 3.63) is 17.7 Å². The molecule has 0 saturated carbocycles. The van der Waals surface area contributed by atoms with E-state index in [-0.39, 0.29) is 5.91 Å². The quantitative estimate of drug-likeness (QED) is 0.753. The van der Waals surface area contributed by atoms with Crippen molar-refractivity contribution < 1.29 is 19.0 Å². The van der Waals surface area contributed by atoms with Crippen LogP contribution in [-0.2, 0) is 0 Å². The summed E-state index contributed by atoms with van der Waals surface area (Å²) in [5.41, 5.74) is 0.401. The Balaban J connectivity index is 2.87. The Labute approximate surface area is 132 Å². The number of benzene rings is 1. The first-order valence-electron chi connectivity index (χ1n) is 7.41. The van der Waals surface area contributed by atoms with E-state index in [1.165, 1.54) is 14.2 Å². The summed E-state index contributed by atoms with van der Waals surface area (Å²) in [5, 5.41) is 2.90. The van der Waals surface area contributed by atoms with Crippen LogP contribution in [0.4, 0.5) is 0 Å². The van der Waals surface area contributed by atoms with E-state index >= 15 is 0 Å². The summed E-state index contributed by atoms with van der Waals surface area (Å²) in [6.07, 6.45) is 0. The Morgan fingerprint density at radius 1 is 1.09 bits per heavy atom. The van der Waals surface area contributed by atoms with Gasteiger partial charge in [-0.05, 0) is 19.2 Å². The van der Waals surface area contributed by atoms with E-state index < -0.39 is 0 Å². The van der Waals surface area contributed by atoms with Crippen molar-refractivity contribution >= 4 is 5.91 Å². The lowest BCUT2D eigenvalue weighted by Gasteiger charge is -2.19. The van der Waals surface area contributed by atoms with Crippen LogP contribution in [0, 0.1) is 0 Å². The minimum absolute atomic E-state index is 0.207. The SMILES string of the molecule is CCN(CC)CCNC(=O)c1cc(OC)cc(OC)c1OC. The minimum Gasteiger partial charge on any atom is -0.497 e. The molecular formula is C16H26N2O4. The van der Waals surface area contributed by atoms with Gasteiger partial charge in [-0.1, -0.05) is 13.8 Å². The molecule has 1 aromatic carbocycles. The van der Waals surface area contributed by atoms with Crippen molar-refractivity contribution in [2.75, 3.05) is 47.5 Å². The molecule has 0 bridgehead atoms. The van der Waals surface area contributed by atoms with Crippen molar-refractivity contribution in [1.29, 1.82) is 0 Å². The first-order valence-corrected chi connectivity index (χ1v) is 7.41. The number of carbonyl (C=O) groups excluding carboxylic acids is 1. The van der Waals surface area contributed by atoms with Gasteiger partial charge < -0.3 is 24.4 Å². The number of ether oxygens (including phenoxy) is 3. The summed E-state index contributed by atoms with van der Waals surface area (Å²) < 4.78 is 15.8. The Kier molecular flexibility index (Phi) is 7.52. The van der Waals surface area contributed by atoms with E-state index in [4.69, 9.17) is 14.2 Å². The lowest BCUT2D eigenvalue weighted by molar-refractivity contribution is 0.0945. The summed E-state index contributed by atoms with van der Waals surface area (Å²) in [6, 6.07) is 3.33. The number of carbonyl (C=O) groups is 1. The Bertz CT molecular complexity index is 487. The highest BCUT2D eigenvalue weighted by Gasteiger charge is 2.18. The summed E-state index contributed by atoms with van der Waals surface area (Å²) in [6.45, 7) is 7.50. The fourth-order valence-electron chi connectivity index (χ4n) is 2.19. The third kappa shape index (κ3) is 4.53. The highest BCUT2D eigenvalue weighted by molar-refractivity contribution is 5.98. The van der Waals surface area contributed by atoms with Gasteiger partial charge >= 0.3 is 0 Å². The lowest BCUT2D eigenvalue weighted by Crippen LogP contribution is -2.34. The average molecular weight is 310 g/mol. The Morgan fingerprint density at radius 2 is 1.77 bits per heavy atom. The minimum atomic E-state index is -0.207. The molecule has 0 fully saturated rings.